The number of hydrogen-bond acceptors (Lipinski definition) is 3. The zero-order valence-electron chi connectivity index (χ0n) is 10.6. The fourth-order valence-electron chi connectivity index (χ4n) is 2.52. The van der Waals surface area contributed by atoms with Crippen LogP contribution in [0.25, 0.3) is 0 Å². The Bertz CT molecular complexity index is 361. The van der Waals surface area contributed by atoms with Gasteiger partial charge in [0.1, 0.15) is 11.0 Å². The average Bonchev–Trinajstić information content (AvgIpc) is 2.62. The number of nitrogens with one attached hydrogen (secondary N) is 1. The van der Waals surface area contributed by atoms with E-state index in [1.807, 2.05) is 18.7 Å². The third kappa shape index (κ3) is 3.21. The van der Waals surface area contributed by atoms with Crippen molar-refractivity contribution in [1.29, 1.82) is 0 Å². The summed E-state index contributed by atoms with van der Waals surface area (Å²) in [6, 6.07) is 0. The molecule has 1 aliphatic rings. The number of likely N-dealkylation sites (tertiary alicyclic amines) is 1. The van der Waals surface area contributed by atoms with Gasteiger partial charge in [-0.3, -0.25) is 4.90 Å². The van der Waals surface area contributed by atoms with Gasteiger partial charge in [0, 0.05) is 13.6 Å². The van der Waals surface area contributed by atoms with Crippen molar-refractivity contribution in [1.82, 2.24) is 19.8 Å². The number of imidazole rings is 1. The van der Waals surface area contributed by atoms with Crippen LogP contribution in [0.5, 0.6) is 0 Å². The highest BCUT2D eigenvalue weighted by Gasteiger charge is 2.20. The van der Waals surface area contributed by atoms with E-state index in [4.69, 9.17) is 11.6 Å². The first-order valence-corrected chi connectivity index (χ1v) is 6.61. The van der Waals surface area contributed by atoms with E-state index < -0.39 is 0 Å². The summed E-state index contributed by atoms with van der Waals surface area (Å²) in [5.41, 5.74) is 0. The molecule has 0 aromatic carbocycles. The van der Waals surface area contributed by atoms with E-state index in [1.54, 1.807) is 6.20 Å². The van der Waals surface area contributed by atoms with Gasteiger partial charge in [-0.25, -0.2) is 4.98 Å². The van der Waals surface area contributed by atoms with Crippen LogP contribution in [0.1, 0.15) is 18.7 Å². The van der Waals surface area contributed by atoms with Gasteiger partial charge >= 0.3 is 0 Å². The van der Waals surface area contributed by atoms with Gasteiger partial charge in [0.05, 0.1) is 12.7 Å². The Morgan fingerprint density at radius 3 is 3.06 bits per heavy atom. The summed E-state index contributed by atoms with van der Waals surface area (Å²) in [6.07, 6.45) is 4.34. The first-order chi connectivity index (χ1) is 8.20. The van der Waals surface area contributed by atoms with Gasteiger partial charge < -0.3 is 9.88 Å². The average molecular weight is 257 g/mol. The summed E-state index contributed by atoms with van der Waals surface area (Å²) in [7, 11) is 4.00. The smallest absolute Gasteiger partial charge is 0.128 e. The third-order valence-corrected chi connectivity index (χ3v) is 3.84. The molecule has 0 aliphatic carbocycles. The minimum Gasteiger partial charge on any atom is -0.321 e. The molecule has 1 fully saturated rings. The van der Waals surface area contributed by atoms with E-state index in [1.165, 1.54) is 19.4 Å². The van der Waals surface area contributed by atoms with Crippen LogP contribution in [0.15, 0.2) is 6.20 Å². The Balaban J connectivity index is 1.92. The summed E-state index contributed by atoms with van der Waals surface area (Å²) in [6.45, 7) is 4.34. The van der Waals surface area contributed by atoms with Crippen LogP contribution in [0.4, 0.5) is 0 Å². The van der Waals surface area contributed by atoms with Gasteiger partial charge in [-0.15, -0.1) is 0 Å². The van der Waals surface area contributed by atoms with Crippen molar-refractivity contribution < 1.29 is 0 Å². The minimum atomic E-state index is 0.712. The monoisotopic (exact) mass is 256 g/mol. The third-order valence-electron chi connectivity index (χ3n) is 3.49. The van der Waals surface area contributed by atoms with Crippen molar-refractivity contribution >= 4 is 11.6 Å². The zero-order chi connectivity index (χ0) is 12.3. The SMILES string of the molecule is CNCC1CCCN(Cc2ncc(Cl)n2C)C1. The van der Waals surface area contributed by atoms with E-state index in [0.717, 1.165) is 31.4 Å². The predicted molar refractivity (Wildman–Crippen MR) is 70.1 cm³/mol. The Hall–Kier alpha value is -0.580. The van der Waals surface area contributed by atoms with Crippen molar-refractivity contribution in [2.45, 2.75) is 19.4 Å². The molecule has 1 N–H and O–H groups in total. The molecule has 2 heterocycles. The van der Waals surface area contributed by atoms with E-state index >= 15 is 0 Å². The van der Waals surface area contributed by atoms with Crippen LogP contribution in [0, 0.1) is 5.92 Å². The van der Waals surface area contributed by atoms with Crippen LogP contribution in [0.3, 0.4) is 0 Å². The summed E-state index contributed by atoms with van der Waals surface area (Å²) < 4.78 is 1.96. The molecule has 4 nitrogen and oxygen atoms in total. The maximum atomic E-state index is 6.00. The van der Waals surface area contributed by atoms with Gasteiger partial charge in [-0.05, 0) is 38.9 Å². The van der Waals surface area contributed by atoms with Crippen molar-refractivity contribution in [2.24, 2.45) is 13.0 Å². The summed E-state index contributed by atoms with van der Waals surface area (Å²) in [4.78, 5) is 6.83. The lowest BCUT2D eigenvalue weighted by Crippen LogP contribution is -2.39. The van der Waals surface area contributed by atoms with E-state index in [0.29, 0.717) is 5.15 Å². The number of aromatic nitrogens is 2. The molecule has 2 rings (SSSR count). The Labute approximate surface area is 108 Å². The van der Waals surface area contributed by atoms with Gasteiger partial charge in [0.15, 0.2) is 0 Å². The molecular formula is C12H21ClN4. The van der Waals surface area contributed by atoms with Gasteiger partial charge in [-0.1, -0.05) is 11.6 Å². The zero-order valence-corrected chi connectivity index (χ0v) is 11.4. The van der Waals surface area contributed by atoms with Crippen LogP contribution >= 0.6 is 11.6 Å². The standard InChI is InChI=1S/C12H21ClN4/c1-14-6-10-4-3-5-17(8-10)9-12-15-7-11(13)16(12)2/h7,10,14H,3-6,8-9H2,1-2H3. The maximum Gasteiger partial charge on any atom is 0.128 e. The fraction of sp³-hybridized carbons (Fsp3) is 0.750. The van der Waals surface area contributed by atoms with Crippen molar-refractivity contribution in [3.8, 4) is 0 Å². The van der Waals surface area contributed by atoms with Crippen molar-refractivity contribution in [3.05, 3.63) is 17.2 Å². The first kappa shape index (κ1) is 12.9. The van der Waals surface area contributed by atoms with Crippen LogP contribution in [-0.4, -0.2) is 41.1 Å². The first-order valence-electron chi connectivity index (χ1n) is 6.23. The molecule has 1 aromatic heterocycles. The molecular weight excluding hydrogens is 236 g/mol. The predicted octanol–water partition coefficient (Wildman–Crippen LogP) is 1.50. The van der Waals surface area contributed by atoms with E-state index in [2.05, 4.69) is 15.2 Å². The normalized spacial score (nSPS) is 21.9. The molecule has 96 valence electrons. The van der Waals surface area contributed by atoms with Crippen molar-refractivity contribution in [3.63, 3.8) is 0 Å². The van der Waals surface area contributed by atoms with Crippen LogP contribution in [-0.2, 0) is 13.6 Å². The molecule has 17 heavy (non-hydrogen) atoms. The molecule has 0 spiro atoms. The fourth-order valence-corrected chi connectivity index (χ4v) is 2.67. The Morgan fingerprint density at radius 2 is 2.41 bits per heavy atom. The molecule has 1 unspecified atom stereocenters. The highest BCUT2D eigenvalue weighted by molar-refractivity contribution is 6.29. The molecule has 0 radical (unpaired) electrons. The highest BCUT2D eigenvalue weighted by atomic mass is 35.5. The largest absolute Gasteiger partial charge is 0.321 e. The molecule has 1 saturated heterocycles. The summed E-state index contributed by atoms with van der Waals surface area (Å²) in [5.74, 6) is 1.82. The Morgan fingerprint density at radius 1 is 1.59 bits per heavy atom. The summed E-state index contributed by atoms with van der Waals surface area (Å²) in [5, 5.41) is 3.98. The number of nitrogens with zero attached hydrogens (tertiary/aromatic N) is 3. The Kier molecular flexibility index (Phi) is 4.42. The van der Waals surface area contributed by atoms with Gasteiger partial charge in [-0.2, -0.15) is 0 Å². The maximum absolute atomic E-state index is 6.00. The minimum absolute atomic E-state index is 0.712. The molecule has 5 heteroatoms. The molecule has 1 aromatic rings. The van der Waals surface area contributed by atoms with Gasteiger partial charge in [0.2, 0.25) is 0 Å². The molecule has 1 atom stereocenters. The number of halogens is 1. The number of hydrogen-bond donors (Lipinski definition) is 1. The molecule has 1 aliphatic heterocycles. The van der Waals surface area contributed by atoms with Crippen molar-refractivity contribution in [2.75, 3.05) is 26.7 Å². The number of piperidine rings is 1. The second kappa shape index (κ2) is 5.85. The van der Waals surface area contributed by atoms with Crippen LogP contribution < -0.4 is 5.32 Å². The second-order valence-electron chi connectivity index (χ2n) is 4.86. The van der Waals surface area contributed by atoms with Crippen LogP contribution in [0.2, 0.25) is 5.15 Å². The van der Waals surface area contributed by atoms with Gasteiger partial charge in [0.25, 0.3) is 0 Å². The lowest BCUT2D eigenvalue weighted by atomic mass is 9.98. The lowest BCUT2D eigenvalue weighted by Gasteiger charge is -2.32. The quantitative estimate of drug-likeness (QED) is 0.887. The second-order valence-corrected chi connectivity index (χ2v) is 5.24. The number of rotatable bonds is 4. The summed E-state index contributed by atoms with van der Waals surface area (Å²) >= 11 is 6.00. The molecule has 0 saturated carbocycles. The molecule has 0 amide bonds. The molecule has 0 bridgehead atoms. The topological polar surface area (TPSA) is 33.1 Å². The highest BCUT2D eigenvalue weighted by Crippen LogP contribution is 2.18. The lowest BCUT2D eigenvalue weighted by molar-refractivity contribution is 0.162. The van der Waals surface area contributed by atoms with E-state index in [-0.39, 0.29) is 0 Å². The van der Waals surface area contributed by atoms with E-state index in [9.17, 15) is 0 Å².